The van der Waals surface area contributed by atoms with Crippen molar-refractivity contribution in [1.82, 2.24) is 9.97 Å². The van der Waals surface area contributed by atoms with Gasteiger partial charge in [-0.05, 0) is 49.4 Å². The van der Waals surface area contributed by atoms with Crippen molar-refractivity contribution in [3.63, 3.8) is 0 Å². The van der Waals surface area contributed by atoms with E-state index in [1.165, 1.54) is 23.9 Å². The number of aromatic nitrogens is 2. The molecule has 0 aliphatic rings. The van der Waals surface area contributed by atoms with Crippen LogP contribution >= 0.6 is 11.8 Å². The number of nitrogens with one attached hydrogen (secondary N) is 1. The number of halogens is 1. The first kappa shape index (κ1) is 18.8. The zero-order valence-electron chi connectivity index (χ0n) is 14.9. The second-order valence-electron chi connectivity index (χ2n) is 5.72. The summed E-state index contributed by atoms with van der Waals surface area (Å²) in [6.45, 7) is 1.85. The molecule has 0 bridgehead atoms. The summed E-state index contributed by atoms with van der Waals surface area (Å²) in [7, 11) is 1.56. The van der Waals surface area contributed by atoms with Crippen molar-refractivity contribution in [2.45, 2.75) is 11.9 Å². The molecule has 138 valence electrons. The Hall–Kier alpha value is -2.93. The molecular formula is C20H18FN3O2S. The van der Waals surface area contributed by atoms with Crippen LogP contribution in [0.15, 0.2) is 59.6 Å². The van der Waals surface area contributed by atoms with Crippen molar-refractivity contribution >= 4 is 23.4 Å². The van der Waals surface area contributed by atoms with Gasteiger partial charge < -0.3 is 10.1 Å². The number of hydrogen-bond acceptors (Lipinski definition) is 5. The number of hydrogen-bond donors (Lipinski definition) is 1. The van der Waals surface area contributed by atoms with Gasteiger partial charge in [0.05, 0.1) is 18.6 Å². The third kappa shape index (κ3) is 5.04. The summed E-state index contributed by atoms with van der Waals surface area (Å²) in [6.07, 6.45) is 0. The number of anilines is 1. The maximum atomic E-state index is 13.1. The van der Waals surface area contributed by atoms with E-state index in [-0.39, 0.29) is 17.5 Å². The molecular weight excluding hydrogens is 365 g/mol. The normalized spacial score (nSPS) is 10.5. The van der Waals surface area contributed by atoms with Crippen molar-refractivity contribution in [2.24, 2.45) is 0 Å². The van der Waals surface area contributed by atoms with E-state index < -0.39 is 0 Å². The molecule has 1 N–H and O–H groups in total. The highest BCUT2D eigenvalue weighted by Crippen LogP contribution is 2.25. The first-order chi connectivity index (χ1) is 13.0. The average Bonchev–Trinajstić information content (AvgIpc) is 2.67. The first-order valence-electron chi connectivity index (χ1n) is 8.22. The summed E-state index contributed by atoms with van der Waals surface area (Å²) in [5.41, 5.74) is 2.12. The minimum atomic E-state index is -0.311. The number of carbonyl (C=O) groups excluding carboxylic acids is 1. The highest BCUT2D eigenvalue weighted by molar-refractivity contribution is 7.99. The number of rotatable bonds is 6. The molecule has 1 amide bonds. The second-order valence-corrected chi connectivity index (χ2v) is 6.71. The molecule has 3 rings (SSSR count). The second kappa shape index (κ2) is 8.64. The molecule has 27 heavy (non-hydrogen) atoms. The Morgan fingerprint density at radius 3 is 2.63 bits per heavy atom. The van der Waals surface area contributed by atoms with Crippen LogP contribution in [-0.4, -0.2) is 28.7 Å². The van der Waals surface area contributed by atoms with Crippen LogP contribution in [0.5, 0.6) is 5.75 Å². The van der Waals surface area contributed by atoms with Crippen molar-refractivity contribution in [3.05, 3.63) is 66.1 Å². The SMILES string of the molecule is COc1ccccc1NC(=O)CSc1cc(C)nc(-c2ccc(F)cc2)n1. The van der Waals surface area contributed by atoms with E-state index in [0.29, 0.717) is 22.3 Å². The third-order valence-corrected chi connectivity index (χ3v) is 4.58. The fourth-order valence-corrected chi connectivity index (χ4v) is 3.17. The molecule has 0 fully saturated rings. The summed E-state index contributed by atoms with van der Waals surface area (Å²) in [6, 6.07) is 15.0. The van der Waals surface area contributed by atoms with Gasteiger partial charge in [-0.1, -0.05) is 23.9 Å². The van der Waals surface area contributed by atoms with Crippen LogP contribution in [0.2, 0.25) is 0 Å². The standard InChI is InChI=1S/C20H18FN3O2S/c1-13-11-19(24-20(22-13)14-7-9-15(21)10-8-14)27-12-18(25)23-16-5-3-4-6-17(16)26-2/h3-11H,12H2,1-2H3,(H,23,25). The maximum absolute atomic E-state index is 13.1. The molecule has 0 aliphatic carbocycles. The zero-order chi connectivity index (χ0) is 19.2. The molecule has 1 aromatic heterocycles. The van der Waals surface area contributed by atoms with Crippen molar-refractivity contribution < 1.29 is 13.9 Å². The van der Waals surface area contributed by atoms with Crippen molar-refractivity contribution in [2.75, 3.05) is 18.2 Å². The minimum Gasteiger partial charge on any atom is -0.495 e. The number of thioether (sulfide) groups is 1. The molecule has 0 aliphatic heterocycles. The lowest BCUT2D eigenvalue weighted by Crippen LogP contribution is -2.14. The fraction of sp³-hybridized carbons (Fsp3) is 0.150. The molecule has 0 saturated carbocycles. The number of benzene rings is 2. The number of nitrogens with zero attached hydrogens (tertiary/aromatic N) is 2. The molecule has 0 atom stereocenters. The maximum Gasteiger partial charge on any atom is 0.234 e. The van der Waals surface area contributed by atoms with Crippen molar-refractivity contribution in [3.8, 4) is 17.1 Å². The lowest BCUT2D eigenvalue weighted by Gasteiger charge is -2.10. The molecule has 0 spiro atoms. The van der Waals surface area contributed by atoms with Crippen LogP contribution in [0.1, 0.15) is 5.69 Å². The van der Waals surface area contributed by atoms with E-state index in [4.69, 9.17) is 4.74 Å². The van der Waals surface area contributed by atoms with Gasteiger partial charge in [0.25, 0.3) is 0 Å². The largest absolute Gasteiger partial charge is 0.495 e. The Morgan fingerprint density at radius 1 is 1.15 bits per heavy atom. The number of para-hydroxylation sites is 2. The van der Waals surface area contributed by atoms with Gasteiger partial charge in [-0.25, -0.2) is 14.4 Å². The summed E-state index contributed by atoms with van der Waals surface area (Å²) in [5, 5.41) is 3.51. The Kier molecular flexibility index (Phi) is 6.03. The monoisotopic (exact) mass is 383 g/mol. The smallest absolute Gasteiger partial charge is 0.234 e. The molecule has 7 heteroatoms. The lowest BCUT2D eigenvalue weighted by molar-refractivity contribution is -0.113. The van der Waals surface area contributed by atoms with E-state index in [2.05, 4.69) is 15.3 Å². The zero-order valence-corrected chi connectivity index (χ0v) is 15.7. The molecule has 5 nitrogen and oxygen atoms in total. The summed E-state index contributed by atoms with van der Waals surface area (Å²) < 4.78 is 18.3. The number of methoxy groups -OCH3 is 1. The summed E-state index contributed by atoms with van der Waals surface area (Å²) >= 11 is 1.31. The number of aryl methyl sites for hydroxylation is 1. The van der Waals surface area contributed by atoms with E-state index in [1.807, 2.05) is 25.1 Å². The number of amides is 1. The van der Waals surface area contributed by atoms with Crippen LogP contribution < -0.4 is 10.1 Å². The molecule has 3 aromatic rings. The van der Waals surface area contributed by atoms with Gasteiger partial charge >= 0.3 is 0 Å². The Labute approximate surface area is 161 Å². The topological polar surface area (TPSA) is 64.1 Å². The van der Waals surface area contributed by atoms with Gasteiger partial charge in [0, 0.05) is 11.3 Å². The molecule has 0 radical (unpaired) electrons. The van der Waals surface area contributed by atoms with Gasteiger partial charge in [-0.2, -0.15) is 0 Å². The third-order valence-electron chi connectivity index (χ3n) is 3.67. The Balaban J connectivity index is 1.69. The van der Waals surface area contributed by atoms with Crippen LogP contribution in [0.25, 0.3) is 11.4 Å². The van der Waals surface area contributed by atoms with Gasteiger partial charge in [-0.3, -0.25) is 4.79 Å². The molecule has 1 heterocycles. The average molecular weight is 383 g/mol. The van der Waals surface area contributed by atoms with Crippen LogP contribution in [0, 0.1) is 12.7 Å². The molecule has 2 aromatic carbocycles. The Morgan fingerprint density at radius 2 is 1.89 bits per heavy atom. The lowest BCUT2D eigenvalue weighted by atomic mass is 10.2. The van der Waals surface area contributed by atoms with Gasteiger partial charge in [0.1, 0.15) is 16.6 Å². The van der Waals surface area contributed by atoms with Crippen molar-refractivity contribution in [1.29, 1.82) is 0 Å². The minimum absolute atomic E-state index is 0.163. The predicted octanol–water partition coefficient (Wildman–Crippen LogP) is 4.33. The van der Waals surface area contributed by atoms with Gasteiger partial charge in [-0.15, -0.1) is 0 Å². The van der Waals surface area contributed by atoms with Gasteiger partial charge in [0.15, 0.2) is 5.82 Å². The first-order valence-corrected chi connectivity index (χ1v) is 9.21. The van der Waals surface area contributed by atoms with E-state index in [9.17, 15) is 9.18 Å². The number of ether oxygens (including phenoxy) is 1. The van der Waals surface area contributed by atoms with Crippen LogP contribution in [0.3, 0.4) is 0 Å². The summed E-state index contributed by atoms with van der Waals surface area (Å²) in [4.78, 5) is 21.1. The fourth-order valence-electron chi connectivity index (χ4n) is 2.42. The summed E-state index contributed by atoms with van der Waals surface area (Å²) in [5.74, 6) is 0.824. The molecule has 0 unspecified atom stereocenters. The Bertz CT molecular complexity index is 948. The predicted molar refractivity (Wildman–Crippen MR) is 105 cm³/mol. The van der Waals surface area contributed by atoms with E-state index in [1.54, 1.807) is 31.4 Å². The quantitative estimate of drug-likeness (QED) is 0.507. The highest BCUT2D eigenvalue weighted by atomic mass is 32.2. The van der Waals surface area contributed by atoms with Gasteiger partial charge in [0.2, 0.25) is 5.91 Å². The highest BCUT2D eigenvalue weighted by Gasteiger charge is 2.10. The molecule has 0 saturated heterocycles. The van der Waals surface area contributed by atoms with E-state index in [0.717, 1.165) is 11.3 Å². The van der Waals surface area contributed by atoms with Crippen LogP contribution in [0.4, 0.5) is 10.1 Å². The van der Waals surface area contributed by atoms with E-state index >= 15 is 0 Å². The number of carbonyl (C=O) groups is 1. The van der Waals surface area contributed by atoms with Crippen LogP contribution in [-0.2, 0) is 4.79 Å².